The van der Waals surface area contributed by atoms with Gasteiger partial charge < -0.3 is 11.1 Å². The predicted octanol–water partition coefficient (Wildman–Crippen LogP) is 1.26. The lowest BCUT2D eigenvalue weighted by molar-refractivity contribution is 0.562. The molecular weight excluding hydrogens is 224 g/mol. The van der Waals surface area contributed by atoms with Gasteiger partial charge in [-0.3, -0.25) is 0 Å². The predicted molar refractivity (Wildman–Crippen MR) is 66.2 cm³/mol. The van der Waals surface area contributed by atoms with Gasteiger partial charge in [0.05, 0.1) is 11.5 Å². The minimum atomic E-state index is -2.85. The number of sulfone groups is 1. The summed E-state index contributed by atoms with van der Waals surface area (Å²) < 4.78 is 22.9. The first-order valence-electron chi connectivity index (χ1n) is 5.38. The van der Waals surface area contributed by atoms with Gasteiger partial charge in [0, 0.05) is 17.4 Å². The van der Waals surface area contributed by atoms with Crippen molar-refractivity contribution in [2.24, 2.45) is 0 Å². The Bertz CT molecular complexity index is 453. The summed E-state index contributed by atoms with van der Waals surface area (Å²) in [6, 6.07) is 7.38. The van der Waals surface area contributed by atoms with Crippen molar-refractivity contribution in [3.8, 4) is 0 Å². The van der Waals surface area contributed by atoms with E-state index in [1.165, 1.54) is 0 Å². The fourth-order valence-corrected chi connectivity index (χ4v) is 3.59. The maximum absolute atomic E-state index is 11.4. The van der Waals surface area contributed by atoms with Crippen LogP contribution < -0.4 is 11.1 Å². The van der Waals surface area contributed by atoms with Crippen LogP contribution in [0, 0.1) is 0 Å². The Hall–Kier alpha value is -1.23. The van der Waals surface area contributed by atoms with Crippen molar-refractivity contribution in [2.75, 3.05) is 22.6 Å². The SMILES string of the molecule is Nc1ccc(NC2CCCS(=O)(=O)C2)cc1. The van der Waals surface area contributed by atoms with Gasteiger partial charge in [-0.05, 0) is 37.1 Å². The summed E-state index contributed by atoms with van der Waals surface area (Å²) in [5, 5.41) is 3.23. The van der Waals surface area contributed by atoms with Gasteiger partial charge in [0.1, 0.15) is 0 Å². The number of hydrogen-bond acceptors (Lipinski definition) is 4. The summed E-state index contributed by atoms with van der Waals surface area (Å²) in [6.07, 6.45) is 1.65. The summed E-state index contributed by atoms with van der Waals surface area (Å²) in [7, 11) is -2.85. The lowest BCUT2D eigenvalue weighted by atomic mass is 10.1. The molecule has 1 aromatic rings. The van der Waals surface area contributed by atoms with Crippen molar-refractivity contribution >= 4 is 21.2 Å². The van der Waals surface area contributed by atoms with E-state index in [2.05, 4.69) is 5.32 Å². The monoisotopic (exact) mass is 240 g/mol. The van der Waals surface area contributed by atoms with Crippen molar-refractivity contribution in [2.45, 2.75) is 18.9 Å². The second-order valence-corrected chi connectivity index (χ2v) is 6.45. The van der Waals surface area contributed by atoms with E-state index < -0.39 is 9.84 Å². The normalized spacial score (nSPS) is 23.9. The van der Waals surface area contributed by atoms with E-state index >= 15 is 0 Å². The van der Waals surface area contributed by atoms with Gasteiger partial charge >= 0.3 is 0 Å². The molecule has 1 saturated heterocycles. The van der Waals surface area contributed by atoms with Crippen LogP contribution in [-0.2, 0) is 9.84 Å². The van der Waals surface area contributed by atoms with E-state index in [1.807, 2.05) is 12.1 Å². The Balaban J connectivity index is 2.02. The van der Waals surface area contributed by atoms with Crippen molar-refractivity contribution in [3.63, 3.8) is 0 Å². The highest BCUT2D eigenvalue weighted by Gasteiger charge is 2.24. The number of hydrogen-bond donors (Lipinski definition) is 2. The zero-order valence-corrected chi connectivity index (χ0v) is 9.83. The van der Waals surface area contributed by atoms with Crippen LogP contribution in [0.25, 0.3) is 0 Å². The van der Waals surface area contributed by atoms with E-state index in [0.717, 1.165) is 18.5 Å². The largest absolute Gasteiger partial charge is 0.399 e. The van der Waals surface area contributed by atoms with Gasteiger partial charge in [-0.15, -0.1) is 0 Å². The van der Waals surface area contributed by atoms with Gasteiger partial charge in [0.15, 0.2) is 9.84 Å². The molecule has 1 aromatic carbocycles. The van der Waals surface area contributed by atoms with Crippen LogP contribution in [0.5, 0.6) is 0 Å². The first-order valence-corrected chi connectivity index (χ1v) is 7.20. The molecule has 1 aliphatic heterocycles. The lowest BCUT2D eigenvalue weighted by Crippen LogP contribution is -2.34. The Labute approximate surface area is 95.8 Å². The number of rotatable bonds is 2. The number of nitrogens with one attached hydrogen (secondary N) is 1. The summed E-state index contributed by atoms with van der Waals surface area (Å²) in [5.74, 6) is 0.560. The lowest BCUT2D eigenvalue weighted by Gasteiger charge is -2.24. The molecule has 5 heteroatoms. The highest BCUT2D eigenvalue weighted by molar-refractivity contribution is 7.91. The Morgan fingerprint density at radius 1 is 1.25 bits per heavy atom. The summed E-state index contributed by atoms with van der Waals surface area (Å²) in [5.41, 5.74) is 7.22. The van der Waals surface area contributed by atoms with Crippen molar-refractivity contribution in [1.82, 2.24) is 0 Å². The van der Waals surface area contributed by atoms with E-state index in [1.54, 1.807) is 12.1 Å². The first-order chi connectivity index (χ1) is 7.55. The second kappa shape index (κ2) is 4.33. The first kappa shape index (κ1) is 11.3. The molecule has 0 radical (unpaired) electrons. The molecule has 1 fully saturated rings. The fourth-order valence-electron chi connectivity index (χ4n) is 1.95. The average Bonchev–Trinajstić information content (AvgIpc) is 2.20. The van der Waals surface area contributed by atoms with Gasteiger partial charge in [-0.1, -0.05) is 0 Å². The topological polar surface area (TPSA) is 72.2 Å². The molecule has 1 atom stereocenters. The Morgan fingerprint density at radius 2 is 1.94 bits per heavy atom. The molecule has 0 aromatic heterocycles. The third-order valence-corrected chi connectivity index (χ3v) is 4.57. The molecule has 0 bridgehead atoms. The summed E-state index contributed by atoms with van der Waals surface area (Å²) in [6.45, 7) is 0. The minimum absolute atomic E-state index is 0.0300. The smallest absolute Gasteiger partial charge is 0.152 e. The van der Waals surface area contributed by atoms with Crippen molar-refractivity contribution in [3.05, 3.63) is 24.3 Å². The molecular formula is C11H16N2O2S. The van der Waals surface area contributed by atoms with Crippen LogP contribution in [-0.4, -0.2) is 26.0 Å². The van der Waals surface area contributed by atoms with Crippen LogP contribution in [0.4, 0.5) is 11.4 Å². The summed E-state index contributed by atoms with van der Waals surface area (Å²) in [4.78, 5) is 0. The fraction of sp³-hybridized carbons (Fsp3) is 0.455. The van der Waals surface area contributed by atoms with E-state index in [-0.39, 0.29) is 11.8 Å². The number of anilines is 2. The maximum Gasteiger partial charge on any atom is 0.152 e. The molecule has 1 unspecified atom stereocenters. The van der Waals surface area contributed by atoms with E-state index in [9.17, 15) is 8.42 Å². The summed E-state index contributed by atoms with van der Waals surface area (Å²) >= 11 is 0. The van der Waals surface area contributed by atoms with Gasteiger partial charge in [-0.2, -0.15) is 0 Å². The molecule has 1 aliphatic rings. The maximum atomic E-state index is 11.4. The molecule has 0 amide bonds. The van der Waals surface area contributed by atoms with Crippen LogP contribution in [0.15, 0.2) is 24.3 Å². The number of nitrogen functional groups attached to an aromatic ring is 1. The van der Waals surface area contributed by atoms with E-state index in [0.29, 0.717) is 11.4 Å². The van der Waals surface area contributed by atoms with Crippen LogP contribution in [0.2, 0.25) is 0 Å². The quantitative estimate of drug-likeness (QED) is 0.763. The molecule has 4 nitrogen and oxygen atoms in total. The molecule has 0 aliphatic carbocycles. The Morgan fingerprint density at radius 3 is 2.56 bits per heavy atom. The van der Waals surface area contributed by atoms with Gasteiger partial charge in [-0.25, -0.2) is 8.42 Å². The van der Waals surface area contributed by atoms with Crippen LogP contribution >= 0.6 is 0 Å². The third-order valence-electron chi connectivity index (χ3n) is 2.74. The van der Waals surface area contributed by atoms with Crippen molar-refractivity contribution < 1.29 is 8.42 Å². The molecule has 1 heterocycles. The van der Waals surface area contributed by atoms with Crippen LogP contribution in [0.3, 0.4) is 0 Å². The highest BCUT2D eigenvalue weighted by atomic mass is 32.2. The van der Waals surface area contributed by atoms with E-state index in [4.69, 9.17) is 5.73 Å². The highest BCUT2D eigenvalue weighted by Crippen LogP contribution is 2.18. The Kier molecular flexibility index (Phi) is 3.05. The molecule has 88 valence electrons. The number of nitrogens with two attached hydrogens (primary N) is 1. The second-order valence-electron chi connectivity index (χ2n) is 4.22. The minimum Gasteiger partial charge on any atom is -0.399 e. The molecule has 0 spiro atoms. The number of benzene rings is 1. The van der Waals surface area contributed by atoms with Gasteiger partial charge in [0.2, 0.25) is 0 Å². The van der Waals surface area contributed by atoms with Gasteiger partial charge in [0.25, 0.3) is 0 Å². The van der Waals surface area contributed by atoms with Crippen molar-refractivity contribution in [1.29, 1.82) is 0 Å². The zero-order chi connectivity index (χ0) is 11.6. The molecule has 2 rings (SSSR count). The molecule has 3 N–H and O–H groups in total. The third kappa shape index (κ3) is 2.88. The van der Waals surface area contributed by atoms with Crippen LogP contribution in [0.1, 0.15) is 12.8 Å². The average molecular weight is 240 g/mol. The zero-order valence-electron chi connectivity index (χ0n) is 9.02. The molecule has 16 heavy (non-hydrogen) atoms. The molecule has 0 saturated carbocycles. The standard InChI is InChI=1S/C11H16N2O2S/c12-9-3-5-10(6-4-9)13-11-2-1-7-16(14,15)8-11/h3-6,11,13H,1-2,7-8,12H2.